The van der Waals surface area contributed by atoms with E-state index in [-0.39, 0.29) is 23.0 Å². The largest absolute Gasteiger partial charge is 0.494 e. The third-order valence-electron chi connectivity index (χ3n) is 3.73. The van der Waals surface area contributed by atoms with Gasteiger partial charge in [0.05, 0.1) is 7.11 Å². The van der Waals surface area contributed by atoms with E-state index in [0.717, 1.165) is 12.1 Å². The highest BCUT2D eigenvalue weighted by Gasteiger charge is 2.27. The topological polar surface area (TPSA) is 52.3 Å². The van der Waals surface area contributed by atoms with E-state index in [1.165, 1.54) is 7.11 Å². The first-order chi connectivity index (χ1) is 9.02. The highest BCUT2D eigenvalue weighted by Crippen LogP contribution is 2.34. The number of rotatable bonds is 3. The summed E-state index contributed by atoms with van der Waals surface area (Å²) in [6.45, 7) is 0. The maximum absolute atomic E-state index is 13.9. The maximum Gasteiger partial charge on any atom is 0.165 e. The minimum Gasteiger partial charge on any atom is -0.494 e. The number of ketones is 1. The predicted octanol–water partition coefficient (Wildman–Crippen LogP) is 2.73. The molecule has 2 N–H and O–H groups in total. The van der Waals surface area contributed by atoms with E-state index in [0.29, 0.717) is 25.7 Å². The van der Waals surface area contributed by atoms with Crippen molar-refractivity contribution >= 4 is 5.78 Å². The van der Waals surface area contributed by atoms with Crippen molar-refractivity contribution in [2.45, 2.75) is 31.7 Å². The fraction of sp³-hybridized carbons (Fsp3) is 0.500. The molecule has 0 radical (unpaired) electrons. The van der Waals surface area contributed by atoms with Gasteiger partial charge in [-0.2, -0.15) is 0 Å². The summed E-state index contributed by atoms with van der Waals surface area (Å²) in [6, 6.07) is 1.52. The van der Waals surface area contributed by atoms with E-state index in [9.17, 15) is 13.6 Å². The Bertz CT molecular complexity index is 481. The van der Waals surface area contributed by atoms with Crippen LogP contribution in [0.1, 0.15) is 37.3 Å². The molecule has 5 heteroatoms. The molecule has 1 aliphatic carbocycles. The average molecular weight is 269 g/mol. The van der Waals surface area contributed by atoms with Gasteiger partial charge in [0.25, 0.3) is 0 Å². The van der Waals surface area contributed by atoms with Gasteiger partial charge in [-0.15, -0.1) is 0 Å². The second-order valence-electron chi connectivity index (χ2n) is 4.91. The van der Waals surface area contributed by atoms with Crippen LogP contribution in [0, 0.1) is 17.6 Å². The molecule has 0 bridgehead atoms. The Morgan fingerprint density at radius 3 is 2.47 bits per heavy atom. The molecule has 0 aliphatic heterocycles. The Morgan fingerprint density at radius 2 is 1.89 bits per heavy atom. The highest BCUT2D eigenvalue weighted by atomic mass is 19.1. The monoisotopic (exact) mass is 269 g/mol. The van der Waals surface area contributed by atoms with Gasteiger partial charge in [-0.05, 0) is 24.8 Å². The first-order valence-corrected chi connectivity index (χ1v) is 6.33. The molecule has 104 valence electrons. The lowest BCUT2D eigenvalue weighted by Gasteiger charge is -2.27. The van der Waals surface area contributed by atoms with E-state index in [1.54, 1.807) is 0 Å². The molecule has 1 aliphatic rings. The van der Waals surface area contributed by atoms with Crippen molar-refractivity contribution in [3.05, 3.63) is 29.3 Å². The van der Waals surface area contributed by atoms with Gasteiger partial charge in [-0.1, -0.05) is 0 Å². The van der Waals surface area contributed by atoms with Crippen LogP contribution in [-0.4, -0.2) is 12.9 Å². The third-order valence-corrected chi connectivity index (χ3v) is 3.73. The SMILES string of the molecule is COc1cc(F)c(C(N)C2CCC(=O)CC2)cc1F. The Balaban J connectivity index is 2.21. The standard InChI is InChI=1S/C14H17F2NO2/c1-19-13-7-11(15)10(6-12(13)16)14(17)8-2-4-9(18)5-3-8/h6-8,14H,2-5,17H2,1H3. The number of carbonyl (C=O) groups is 1. The molecule has 0 saturated heterocycles. The van der Waals surface area contributed by atoms with Crippen molar-refractivity contribution in [3.8, 4) is 5.75 Å². The molecule has 1 atom stereocenters. The Kier molecular flexibility index (Phi) is 4.14. The first-order valence-electron chi connectivity index (χ1n) is 6.33. The lowest BCUT2D eigenvalue weighted by Crippen LogP contribution is -2.27. The summed E-state index contributed by atoms with van der Waals surface area (Å²) < 4.78 is 32.2. The van der Waals surface area contributed by atoms with Crippen molar-refractivity contribution in [1.82, 2.24) is 0 Å². The van der Waals surface area contributed by atoms with Gasteiger partial charge in [0, 0.05) is 30.5 Å². The zero-order valence-electron chi connectivity index (χ0n) is 10.8. The number of carbonyl (C=O) groups excluding carboxylic acids is 1. The predicted molar refractivity (Wildman–Crippen MR) is 66.8 cm³/mol. The number of hydrogen-bond acceptors (Lipinski definition) is 3. The summed E-state index contributed by atoms with van der Waals surface area (Å²) in [7, 11) is 1.28. The van der Waals surface area contributed by atoms with E-state index >= 15 is 0 Å². The zero-order valence-corrected chi connectivity index (χ0v) is 10.8. The summed E-state index contributed by atoms with van der Waals surface area (Å²) in [5, 5.41) is 0. The van der Waals surface area contributed by atoms with Crippen LogP contribution in [-0.2, 0) is 4.79 Å². The lowest BCUT2D eigenvalue weighted by atomic mass is 9.81. The first kappa shape index (κ1) is 13.9. The minimum absolute atomic E-state index is 0.0139. The average Bonchev–Trinajstić information content (AvgIpc) is 2.41. The van der Waals surface area contributed by atoms with Crippen LogP contribution in [0.3, 0.4) is 0 Å². The molecule has 19 heavy (non-hydrogen) atoms. The molecule has 1 aromatic carbocycles. The van der Waals surface area contributed by atoms with Gasteiger partial charge in [0.2, 0.25) is 0 Å². The van der Waals surface area contributed by atoms with E-state index < -0.39 is 17.7 Å². The highest BCUT2D eigenvalue weighted by molar-refractivity contribution is 5.79. The second-order valence-corrected chi connectivity index (χ2v) is 4.91. The number of benzene rings is 1. The molecule has 0 amide bonds. The lowest BCUT2D eigenvalue weighted by molar-refractivity contribution is -0.121. The molecule has 0 aromatic heterocycles. The Hall–Kier alpha value is -1.49. The fourth-order valence-corrected chi connectivity index (χ4v) is 2.53. The number of hydrogen-bond donors (Lipinski definition) is 1. The van der Waals surface area contributed by atoms with Crippen LogP contribution >= 0.6 is 0 Å². The smallest absolute Gasteiger partial charge is 0.165 e. The maximum atomic E-state index is 13.9. The fourth-order valence-electron chi connectivity index (χ4n) is 2.53. The van der Waals surface area contributed by atoms with Crippen LogP contribution in [0.4, 0.5) is 8.78 Å². The number of nitrogens with two attached hydrogens (primary N) is 1. The van der Waals surface area contributed by atoms with Gasteiger partial charge in [0.15, 0.2) is 11.6 Å². The summed E-state index contributed by atoms with van der Waals surface area (Å²) in [5.74, 6) is -1.10. The molecular weight excluding hydrogens is 252 g/mol. The van der Waals surface area contributed by atoms with Gasteiger partial charge >= 0.3 is 0 Å². The van der Waals surface area contributed by atoms with E-state index in [4.69, 9.17) is 10.5 Å². The van der Waals surface area contributed by atoms with Crippen molar-refractivity contribution in [2.75, 3.05) is 7.11 Å². The van der Waals surface area contributed by atoms with Gasteiger partial charge in [-0.25, -0.2) is 8.78 Å². The number of methoxy groups -OCH3 is 1. The van der Waals surface area contributed by atoms with Crippen molar-refractivity contribution in [3.63, 3.8) is 0 Å². The number of ether oxygens (including phenoxy) is 1. The van der Waals surface area contributed by atoms with Crippen LogP contribution in [0.15, 0.2) is 12.1 Å². The van der Waals surface area contributed by atoms with Crippen molar-refractivity contribution in [2.24, 2.45) is 11.7 Å². The number of halogens is 2. The Labute approximate surface area is 110 Å². The van der Waals surface area contributed by atoms with E-state index in [2.05, 4.69) is 0 Å². The molecule has 1 aromatic rings. The van der Waals surface area contributed by atoms with E-state index in [1.807, 2.05) is 0 Å². The van der Waals surface area contributed by atoms with Gasteiger partial charge in [-0.3, -0.25) is 4.79 Å². The zero-order chi connectivity index (χ0) is 14.0. The van der Waals surface area contributed by atoms with Gasteiger partial charge < -0.3 is 10.5 Å². The number of Topliss-reactive ketones (excluding diaryl/α,β-unsaturated/α-hetero) is 1. The van der Waals surface area contributed by atoms with Gasteiger partial charge in [0.1, 0.15) is 11.6 Å². The van der Waals surface area contributed by atoms with Crippen LogP contribution in [0.25, 0.3) is 0 Å². The second kappa shape index (κ2) is 5.65. The molecule has 1 saturated carbocycles. The molecule has 1 unspecified atom stereocenters. The Morgan fingerprint density at radius 1 is 1.26 bits per heavy atom. The van der Waals surface area contributed by atoms with Crippen molar-refractivity contribution in [1.29, 1.82) is 0 Å². The molecular formula is C14H17F2NO2. The molecule has 2 rings (SSSR count). The molecule has 0 heterocycles. The minimum atomic E-state index is -0.624. The summed E-state index contributed by atoms with van der Waals surface area (Å²) in [4.78, 5) is 11.2. The normalized spacial score (nSPS) is 18.4. The molecule has 3 nitrogen and oxygen atoms in total. The summed E-state index contributed by atoms with van der Waals surface area (Å²) >= 11 is 0. The van der Waals surface area contributed by atoms with Crippen LogP contribution in [0.5, 0.6) is 5.75 Å². The van der Waals surface area contributed by atoms with Crippen LogP contribution in [0.2, 0.25) is 0 Å². The molecule has 0 spiro atoms. The van der Waals surface area contributed by atoms with Crippen LogP contribution < -0.4 is 10.5 Å². The third kappa shape index (κ3) is 2.92. The quantitative estimate of drug-likeness (QED) is 0.918. The summed E-state index contributed by atoms with van der Waals surface area (Å²) in [6.07, 6.45) is 2.21. The molecule has 1 fully saturated rings. The van der Waals surface area contributed by atoms with Crippen molar-refractivity contribution < 1.29 is 18.3 Å². The summed E-state index contributed by atoms with van der Waals surface area (Å²) in [5.41, 5.74) is 6.17.